The summed E-state index contributed by atoms with van der Waals surface area (Å²) in [6.07, 6.45) is -0.959. The van der Waals surface area contributed by atoms with Crippen molar-refractivity contribution in [3.63, 3.8) is 0 Å². The van der Waals surface area contributed by atoms with Crippen molar-refractivity contribution in [1.82, 2.24) is 0 Å². The summed E-state index contributed by atoms with van der Waals surface area (Å²) in [6, 6.07) is 0. The van der Waals surface area contributed by atoms with Gasteiger partial charge in [0, 0.05) is 6.42 Å². The van der Waals surface area contributed by atoms with Crippen LogP contribution >= 0.6 is 11.6 Å². The molecule has 3 heterocycles. The summed E-state index contributed by atoms with van der Waals surface area (Å²) in [5.74, 6) is -1.09. The number of hydrogen-bond donors (Lipinski definition) is 0. The summed E-state index contributed by atoms with van der Waals surface area (Å²) in [5, 5.41) is -0.631. The molecule has 3 aliphatic heterocycles. The summed E-state index contributed by atoms with van der Waals surface area (Å²) in [7, 11) is 0. The van der Waals surface area contributed by atoms with Crippen LogP contribution in [-0.2, 0) is 23.7 Å². The van der Waals surface area contributed by atoms with Crippen molar-refractivity contribution in [2.24, 2.45) is 0 Å². The molecule has 0 spiro atoms. The molecule has 0 bridgehead atoms. The second-order valence-electron chi connectivity index (χ2n) is 4.75. The SMILES string of the molecule is CC1(C)O[C@@H]2O[C@@H]3CC(Cl)C(=O)O[C@H]3[C@@H]2O1. The molecule has 5 atom stereocenters. The second kappa shape index (κ2) is 3.32. The number of fused-ring (bicyclic) bond motifs is 3. The number of carbonyl (C=O) groups is 1. The van der Waals surface area contributed by atoms with Crippen LogP contribution in [0, 0.1) is 0 Å². The zero-order valence-electron chi connectivity index (χ0n) is 9.01. The van der Waals surface area contributed by atoms with E-state index < -0.39 is 29.5 Å². The second-order valence-corrected chi connectivity index (χ2v) is 5.27. The number of rotatable bonds is 0. The van der Waals surface area contributed by atoms with Gasteiger partial charge in [0.05, 0.1) is 0 Å². The Balaban J connectivity index is 1.79. The summed E-state index contributed by atoms with van der Waals surface area (Å²) in [4.78, 5) is 11.4. The Morgan fingerprint density at radius 3 is 2.81 bits per heavy atom. The van der Waals surface area contributed by atoms with E-state index in [-0.39, 0.29) is 12.2 Å². The fourth-order valence-electron chi connectivity index (χ4n) is 2.39. The highest BCUT2D eigenvalue weighted by molar-refractivity contribution is 6.30. The van der Waals surface area contributed by atoms with E-state index in [9.17, 15) is 4.79 Å². The van der Waals surface area contributed by atoms with Crippen molar-refractivity contribution in [1.29, 1.82) is 0 Å². The predicted octanol–water partition coefficient (Wildman–Crippen LogP) is 0.786. The topological polar surface area (TPSA) is 54.0 Å². The molecule has 0 aromatic carbocycles. The summed E-state index contributed by atoms with van der Waals surface area (Å²) >= 11 is 5.81. The van der Waals surface area contributed by atoms with E-state index in [1.807, 2.05) is 0 Å². The first-order valence-corrected chi connectivity index (χ1v) is 5.75. The molecule has 3 aliphatic rings. The largest absolute Gasteiger partial charge is 0.455 e. The average Bonchev–Trinajstić information content (AvgIpc) is 2.60. The van der Waals surface area contributed by atoms with Gasteiger partial charge in [0.2, 0.25) is 0 Å². The van der Waals surface area contributed by atoms with E-state index in [0.29, 0.717) is 6.42 Å². The van der Waals surface area contributed by atoms with E-state index >= 15 is 0 Å². The Labute approximate surface area is 97.9 Å². The van der Waals surface area contributed by atoms with Crippen molar-refractivity contribution in [2.45, 2.75) is 56.0 Å². The lowest BCUT2D eigenvalue weighted by Crippen LogP contribution is -2.45. The molecule has 0 aliphatic carbocycles. The van der Waals surface area contributed by atoms with Crippen molar-refractivity contribution >= 4 is 17.6 Å². The Kier molecular flexibility index (Phi) is 2.24. The molecule has 16 heavy (non-hydrogen) atoms. The van der Waals surface area contributed by atoms with Gasteiger partial charge >= 0.3 is 5.97 Å². The zero-order chi connectivity index (χ0) is 11.5. The average molecular weight is 249 g/mol. The standard InChI is InChI=1S/C10H13ClO5/c1-10(2)15-7-6-5(13-9(7)16-10)3-4(11)8(12)14-6/h4-7,9H,3H2,1-2H3/t4?,5-,6-,7+,9+/m1/s1. The monoisotopic (exact) mass is 248 g/mol. The molecule has 0 N–H and O–H groups in total. The summed E-state index contributed by atoms with van der Waals surface area (Å²) < 4.78 is 22.1. The van der Waals surface area contributed by atoms with Gasteiger partial charge in [-0.25, -0.2) is 0 Å². The van der Waals surface area contributed by atoms with Crippen LogP contribution in [0.25, 0.3) is 0 Å². The molecule has 0 radical (unpaired) electrons. The summed E-state index contributed by atoms with van der Waals surface area (Å²) in [5.41, 5.74) is 0. The molecule has 3 fully saturated rings. The molecule has 0 saturated carbocycles. The molecule has 5 nitrogen and oxygen atoms in total. The quantitative estimate of drug-likeness (QED) is 0.469. The Morgan fingerprint density at radius 2 is 2.06 bits per heavy atom. The van der Waals surface area contributed by atoms with Gasteiger partial charge in [-0.2, -0.15) is 0 Å². The Hall–Kier alpha value is -0.360. The fourth-order valence-corrected chi connectivity index (χ4v) is 2.61. The van der Waals surface area contributed by atoms with E-state index in [1.165, 1.54) is 0 Å². The Bertz CT molecular complexity index is 331. The van der Waals surface area contributed by atoms with Crippen LogP contribution in [0.1, 0.15) is 20.3 Å². The van der Waals surface area contributed by atoms with Gasteiger partial charge in [-0.3, -0.25) is 4.79 Å². The van der Waals surface area contributed by atoms with Gasteiger partial charge in [-0.05, 0) is 13.8 Å². The van der Waals surface area contributed by atoms with Gasteiger partial charge in [-0.15, -0.1) is 11.6 Å². The smallest absolute Gasteiger partial charge is 0.324 e. The van der Waals surface area contributed by atoms with Crippen LogP contribution in [0.4, 0.5) is 0 Å². The van der Waals surface area contributed by atoms with E-state index in [1.54, 1.807) is 13.8 Å². The first kappa shape index (κ1) is 10.8. The minimum atomic E-state index is -0.690. The normalized spacial score (nSPS) is 49.7. The Morgan fingerprint density at radius 1 is 1.31 bits per heavy atom. The van der Waals surface area contributed by atoms with Crippen molar-refractivity contribution in [3.8, 4) is 0 Å². The first-order chi connectivity index (χ1) is 7.46. The lowest BCUT2D eigenvalue weighted by atomic mass is 10.0. The highest BCUT2D eigenvalue weighted by Crippen LogP contribution is 2.42. The maximum absolute atomic E-state index is 11.4. The minimum Gasteiger partial charge on any atom is -0.455 e. The fraction of sp³-hybridized carbons (Fsp3) is 0.900. The molecule has 0 amide bonds. The van der Waals surface area contributed by atoms with Gasteiger partial charge in [-0.1, -0.05) is 0 Å². The number of carbonyl (C=O) groups excluding carboxylic acids is 1. The maximum Gasteiger partial charge on any atom is 0.324 e. The lowest BCUT2D eigenvalue weighted by molar-refractivity contribution is -0.224. The highest BCUT2D eigenvalue weighted by atomic mass is 35.5. The van der Waals surface area contributed by atoms with E-state index in [0.717, 1.165) is 0 Å². The molecule has 90 valence electrons. The van der Waals surface area contributed by atoms with Crippen LogP contribution in [-0.4, -0.2) is 41.7 Å². The van der Waals surface area contributed by atoms with Crippen LogP contribution in [0.5, 0.6) is 0 Å². The van der Waals surface area contributed by atoms with Gasteiger partial charge in [0.1, 0.15) is 11.5 Å². The third kappa shape index (κ3) is 1.54. The van der Waals surface area contributed by atoms with Crippen LogP contribution in [0.3, 0.4) is 0 Å². The van der Waals surface area contributed by atoms with Gasteiger partial charge in [0.15, 0.2) is 24.3 Å². The molecule has 6 heteroatoms. The number of halogens is 1. The molecule has 3 saturated heterocycles. The number of alkyl halides is 1. The maximum atomic E-state index is 11.4. The predicted molar refractivity (Wildman–Crippen MR) is 52.8 cm³/mol. The molecule has 0 aromatic rings. The molecule has 1 unspecified atom stereocenters. The third-order valence-corrected chi connectivity index (χ3v) is 3.39. The minimum absolute atomic E-state index is 0.216. The van der Waals surface area contributed by atoms with E-state index in [2.05, 4.69) is 0 Å². The number of hydrogen-bond acceptors (Lipinski definition) is 5. The van der Waals surface area contributed by atoms with Crippen LogP contribution in [0.15, 0.2) is 0 Å². The molecular formula is C10H13ClO5. The lowest BCUT2D eigenvalue weighted by Gasteiger charge is -2.30. The molecular weight excluding hydrogens is 236 g/mol. The highest BCUT2D eigenvalue weighted by Gasteiger charge is 2.58. The van der Waals surface area contributed by atoms with Crippen molar-refractivity contribution in [2.75, 3.05) is 0 Å². The van der Waals surface area contributed by atoms with Gasteiger partial charge < -0.3 is 18.9 Å². The van der Waals surface area contributed by atoms with Crippen LogP contribution in [0.2, 0.25) is 0 Å². The van der Waals surface area contributed by atoms with Crippen molar-refractivity contribution in [3.05, 3.63) is 0 Å². The van der Waals surface area contributed by atoms with E-state index in [4.69, 9.17) is 30.5 Å². The van der Waals surface area contributed by atoms with Gasteiger partial charge in [0.25, 0.3) is 0 Å². The van der Waals surface area contributed by atoms with Crippen molar-refractivity contribution < 1.29 is 23.7 Å². The molecule has 0 aromatic heterocycles. The first-order valence-electron chi connectivity index (χ1n) is 5.32. The molecule has 3 rings (SSSR count). The summed E-state index contributed by atoms with van der Waals surface area (Å²) in [6.45, 7) is 3.61. The number of esters is 1. The van der Waals surface area contributed by atoms with Crippen LogP contribution < -0.4 is 0 Å². The number of ether oxygens (including phenoxy) is 4. The third-order valence-electron chi connectivity index (χ3n) is 3.03. The zero-order valence-corrected chi connectivity index (χ0v) is 9.77.